The van der Waals surface area contributed by atoms with Crippen LogP contribution in [0.5, 0.6) is 5.88 Å². The van der Waals surface area contributed by atoms with Crippen LogP contribution in [0.15, 0.2) is 22.7 Å². The number of anilines is 1. The molecule has 24 heavy (non-hydrogen) atoms. The van der Waals surface area contributed by atoms with Gasteiger partial charge in [0.2, 0.25) is 11.8 Å². The summed E-state index contributed by atoms with van der Waals surface area (Å²) in [6.07, 6.45) is 0. The summed E-state index contributed by atoms with van der Waals surface area (Å²) < 4.78 is 9.03. The van der Waals surface area contributed by atoms with Gasteiger partial charge >= 0.3 is 0 Å². The summed E-state index contributed by atoms with van der Waals surface area (Å²) in [4.78, 5) is 11.8. The SMILES string of the molecule is CCOc1nc(N2CCNCC2)nc2c3ccc(Br)cc3n(C)c12. The summed E-state index contributed by atoms with van der Waals surface area (Å²) in [6.45, 7) is 6.29. The molecule has 7 heteroatoms. The highest BCUT2D eigenvalue weighted by atomic mass is 79.9. The minimum Gasteiger partial charge on any atom is -0.476 e. The second-order valence-corrected chi connectivity index (χ2v) is 6.83. The Labute approximate surface area is 148 Å². The molecule has 126 valence electrons. The number of ether oxygens (including phenoxy) is 1. The quantitative estimate of drug-likeness (QED) is 0.746. The maximum atomic E-state index is 5.87. The van der Waals surface area contributed by atoms with Crippen LogP contribution in [0.2, 0.25) is 0 Å². The van der Waals surface area contributed by atoms with Crippen LogP contribution in [-0.2, 0) is 7.05 Å². The van der Waals surface area contributed by atoms with Crippen LogP contribution in [0.4, 0.5) is 5.95 Å². The van der Waals surface area contributed by atoms with Crippen molar-refractivity contribution in [1.29, 1.82) is 0 Å². The van der Waals surface area contributed by atoms with E-state index in [0.717, 1.165) is 58.5 Å². The number of aromatic nitrogens is 3. The molecule has 0 radical (unpaired) electrons. The van der Waals surface area contributed by atoms with Crippen molar-refractivity contribution in [1.82, 2.24) is 19.9 Å². The van der Waals surface area contributed by atoms with Gasteiger partial charge in [-0.15, -0.1) is 0 Å². The van der Waals surface area contributed by atoms with Crippen LogP contribution in [0.25, 0.3) is 21.9 Å². The molecule has 1 fully saturated rings. The van der Waals surface area contributed by atoms with E-state index >= 15 is 0 Å². The largest absolute Gasteiger partial charge is 0.476 e. The number of aryl methyl sites for hydroxylation is 1. The topological polar surface area (TPSA) is 55.2 Å². The molecular weight excluding hydrogens is 370 g/mol. The van der Waals surface area contributed by atoms with Gasteiger partial charge in [0.05, 0.1) is 12.1 Å². The summed E-state index contributed by atoms with van der Waals surface area (Å²) in [5.74, 6) is 1.41. The first kappa shape index (κ1) is 15.7. The summed E-state index contributed by atoms with van der Waals surface area (Å²) in [5.41, 5.74) is 3.02. The summed E-state index contributed by atoms with van der Waals surface area (Å²) >= 11 is 3.55. The van der Waals surface area contributed by atoms with Gasteiger partial charge < -0.3 is 19.5 Å². The van der Waals surface area contributed by atoms with Crippen LogP contribution in [0.1, 0.15) is 6.92 Å². The number of rotatable bonds is 3. The van der Waals surface area contributed by atoms with E-state index in [1.54, 1.807) is 0 Å². The summed E-state index contributed by atoms with van der Waals surface area (Å²) in [6, 6.07) is 6.26. The van der Waals surface area contributed by atoms with E-state index in [-0.39, 0.29) is 0 Å². The van der Waals surface area contributed by atoms with Gasteiger partial charge in [0.1, 0.15) is 11.0 Å². The van der Waals surface area contributed by atoms with Gasteiger partial charge in [-0.05, 0) is 25.1 Å². The molecule has 1 N–H and O–H groups in total. The van der Waals surface area contributed by atoms with Gasteiger partial charge in [0.25, 0.3) is 0 Å². The van der Waals surface area contributed by atoms with E-state index < -0.39 is 0 Å². The van der Waals surface area contributed by atoms with E-state index in [1.807, 2.05) is 14.0 Å². The zero-order valence-corrected chi connectivity index (χ0v) is 15.4. The lowest BCUT2D eigenvalue weighted by Gasteiger charge is -2.27. The second kappa shape index (κ2) is 6.22. The van der Waals surface area contributed by atoms with Gasteiger partial charge in [0.15, 0.2) is 0 Å². The number of hydrogen-bond acceptors (Lipinski definition) is 5. The maximum absolute atomic E-state index is 5.87. The van der Waals surface area contributed by atoms with Crippen molar-refractivity contribution < 1.29 is 4.74 Å². The third-order valence-electron chi connectivity index (χ3n) is 4.43. The van der Waals surface area contributed by atoms with Crippen molar-refractivity contribution in [2.45, 2.75) is 6.92 Å². The van der Waals surface area contributed by atoms with Crippen LogP contribution < -0.4 is 15.0 Å². The van der Waals surface area contributed by atoms with Crippen molar-refractivity contribution in [3.8, 4) is 5.88 Å². The van der Waals surface area contributed by atoms with E-state index in [2.05, 4.69) is 48.9 Å². The van der Waals surface area contributed by atoms with Crippen molar-refractivity contribution in [3.63, 3.8) is 0 Å². The van der Waals surface area contributed by atoms with Crippen LogP contribution >= 0.6 is 15.9 Å². The Kier molecular flexibility index (Phi) is 4.05. The number of nitrogens with one attached hydrogen (secondary N) is 1. The highest BCUT2D eigenvalue weighted by Gasteiger charge is 2.21. The Morgan fingerprint density at radius 1 is 1.25 bits per heavy atom. The summed E-state index contributed by atoms with van der Waals surface area (Å²) in [5, 5.41) is 4.48. The highest BCUT2D eigenvalue weighted by Crippen LogP contribution is 2.34. The van der Waals surface area contributed by atoms with Crippen LogP contribution in [0, 0.1) is 0 Å². The fourth-order valence-corrected chi connectivity index (χ4v) is 3.61. The van der Waals surface area contributed by atoms with Gasteiger partial charge in [-0.1, -0.05) is 15.9 Å². The number of benzene rings is 1. The number of halogens is 1. The van der Waals surface area contributed by atoms with E-state index in [9.17, 15) is 0 Å². The van der Waals surface area contributed by atoms with E-state index in [0.29, 0.717) is 12.5 Å². The van der Waals surface area contributed by atoms with Crippen molar-refractivity contribution >= 4 is 43.8 Å². The minimum atomic E-state index is 0.582. The molecule has 0 aliphatic carbocycles. The zero-order valence-electron chi connectivity index (χ0n) is 13.8. The third-order valence-corrected chi connectivity index (χ3v) is 4.93. The van der Waals surface area contributed by atoms with Crippen molar-refractivity contribution in [2.75, 3.05) is 37.7 Å². The van der Waals surface area contributed by atoms with Gasteiger partial charge in [-0.3, -0.25) is 0 Å². The van der Waals surface area contributed by atoms with E-state index in [1.165, 1.54) is 0 Å². The zero-order chi connectivity index (χ0) is 16.7. The molecule has 3 aromatic rings. The first-order chi connectivity index (χ1) is 11.7. The smallest absolute Gasteiger partial charge is 0.243 e. The van der Waals surface area contributed by atoms with Gasteiger partial charge in [0, 0.05) is 43.1 Å². The Bertz CT molecular complexity index is 901. The average Bonchev–Trinajstić information content (AvgIpc) is 2.88. The average molecular weight is 390 g/mol. The standard InChI is InChI=1S/C17H20BrN5O/c1-3-24-16-15-14(12-5-4-11(18)10-13(12)22(15)2)20-17(21-16)23-8-6-19-7-9-23/h4-5,10,19H,3,6-9H2,1-2H3. The minimum absolute atomic E-state index is 0.582. The fraction of sp³-hybridized carbons (Fsp3) is 0.412. The van der Waals surface area contributed by atoms with Crippen molar-refractivity contribution in [3.05, 3.63) is 22.7 Å². The molecule has 0 spiro atoms. The van der Waals surface area contributed by atoms with Crippen LogP contribution in [0.3, 0.4) is 0 Å². The molecule has 0 bridgehead atoms. The molecule has 1 aliphatic rings. The first-order valence-electron chi connectivity index (χ1n) is 8.23. The van der Waals surface area contributed by atoms with Crippen molar-refractivity contribution in [2.24, 2.45) is 7.05 Å². The third kappa shape index (κ3) is 2.52. The normalized spacial score (nSPS) is 15.4. The lowest BCUT2D eigenvalue weighted by atomic mass is 10.2. The number of fused-ring (bicyclic) bond motifs is 3. The lowest BCUT2D eigenvalue weighted by molar-refractivity contribution is 0.329. The van der Waals surface area contributed by atoms with Gasteiger partial charge in [-0.25, -0.2) is 4.98 Å². The number of piperazine rings is 1. The Hall–Kier alpha value is -1.86. The molecule has 0 amide bonds. The first-order valence-corrected chi connectivity index (χ1v) is 9.02. The van der Waals surface area contributed by atoms with Crippen LogP contribution in [-0.4, -0.2) is 47.3 Å². The predicted octanol–water partition coefficient (Wildman–Crippen LogP) is 2.69. The second-order valence-electron chi connectivity index (χ2n) is 5.92. The molecular formula is C17H20BrN5O. The molecule has 0 saturated carbocycles. The molecule has 2 aromatic heterocycles. The number of hydrogen-bond donors (Lipinski definition) is 1. The Morgan fingerprint density at radius 3 is 2.79 bits per heavy atom. The maximum Gasteiger partial charge on any atom is 0.243 e. The molecule has 0 unspecified atom stereocenters. The molecule has 1 saturated heterocycles. The molecule has 1 aromatic carbocycles. The molecule has 0 atom stereocenters. The van der Waals surface area contributed by atoms with Gasteiger partial charge in [-0.2, -0.15) is 4.98 Å². The highest BCUT2D eigenvalue weighted by molar-refractivity contribution is 9.10. The molecule has 1 aliphatic heterocycles. The van der Waals surface area contributed by atoms with E-state index in [4.69, 9.17) is 14.7 Å². The molecule has 3 heterocycles. The fourth-order valence-electron chi connectivity index (χ4n) is 3.26. The molecule has 4 rings (SSSR count). The predicted molar refractivity (Wildman–Crippen MR) is 100.0 cm³/mol. The monoisotopic (exact) mass is 389 g/mol. The molecule has 6 nitrogen and oxygen atoms in total. The lowest BCUT2D eigenvalue weighted by Crippen LogP contribution is -2.44. The number of nitrogens with zero attached hydrogens (tertiary/aromatic N) is 4. The summed E-state index contributed by atoms with van der Waals surface area (Å²) in [7, 11) is 2.04. The Balaban J connectivity index is 1.98. The Morgan fingerprint density at radius 2 is 2.04 bits per heavy atom.